The number of urea groups is 1. The number of likely N-dealkylation sites (tertiary alicyclic amines) is 1. The molecule has 4 N–H and O–H groups in total. The fourth-order valence-corrected chi connectivity index (χ4v) is 4.32. The first-order valence-corrected chi connectivity index (χ1v) is 10.6. The fraction of sp³-hybridized carbons (Fsp3) is 0.636. The Bertz CT molecular complexity index is 710. The number of aryl methyl sites for hydroxylation is 1. The molecule has 1 heterocycles. The lowest BCUT2D eigenvalue weighted by Crippen LogP contribution is -2.47. The van der Waals surface area contributed by atoms with E-state index < -0.39 is 0 Å². The van der Waals surface area contributed by atoms with Crippen LogP contribution in [0.5, 0.6) is 0 Å². The van der Waals surface area contributed by atoms with Gasteiger partial charge in [-0.1, -0.05) is 19.9 Å². The van der Waals surface area contributed by atoms with Crippen molar-refractivity contribution in [3.05, 3.63) is 29.3 Å². The number of hydrogen-bond acceptors (Lipinski definition) is 3. The number of nitrogen functional groups attached to an aromatic ring is 1. The Morgan fingerprint density at radius 3 is 2.79 bits per heavy atom. The van der Waals surface area contributed by atoms with Crippen molar-refractivity contribution in [2.45, 2.75) is 58.4 Å². The van der Waals surface area contributed by atoms with Crippen molar-refractivity contribution in [1.29, 1.82) is 0 Å². The monoisotopic (exact) mass is 422 g/mol. The van der Waals surface area contributed by atoms with Crippen molar-refractivity contribution in [1.82, 2.24) is 15.5 Å². The van der Waals surface area contributed by atoms with Crippen molar-refractivity contribution in [2.24, 2.45) is 11.8 Å². The van der Waals surface area contributed by atoms with Crippen LogP contribution in [0, 0.1) is 11.8 Å². The minimum atomic E-state index is -0.00222. The summed E-state index contributed by atoms with van der Waals surface area (Å²) in [5.41, 5.74) is 9.14. The smallest absolute Gasteiger partial charge is 0.317 e. The van der Waals surface area contributed by atoms with E-state index in [1.54, 1.807) is 0 Å². The first kappa shape index (κ1) is 23.3. The lowest BCUT2D eigenvalue weighted by atomic mass is 9.87. The third kappa shape index (κ3) is 6.53. The molecular weight excluding hydrogens is 388 g/mol. The number of anilines is 1. The number of benzene rings is 1. The molecule has 2 unspecified atom stereocenters. The summed E-state index contributed by atoms with van der Waals surface area (Å²) in [4.78, 5) is 26.9. The van der Waals surface area contributed by atoms with E-state index in [1.165, 1.54) is 11.1 Å². The number of nitrogens with one attached hydrogen (secondary N) is 2. The molecule has 29 heavy (non-hydrogen) atoms. The maximum atomic E-state index is 12.7. The van der Waals surface area contributed by atoms with Crippen LogP contribution < -0.4 is 16.4 Å². The summed E-state index contributed by atoms with van der Waals surface area (Å²) in [6, 6.07) is 6.07. The van der Waals surface area contributed by atoms with Crippen LogP contribution in [-0.2, 0) is 11.2 Å². The maximum Gasteiger partial charge on any atom is 0.317 e. The molecule has 7 heteroatoms. The molecule has 1 aromatic carbocycles. The van der Waals surface area contributed by atoms with Gasteiger partial charge in [-0.05, 0) is 67.2 Å². The van der Waals surface area contributed by atoms with Crippen LogP contribution in [0.2, 0.25) is 0 Å². The minimum absolute atomic E-state index is 0. The number of carbonyl (C=O) groups excluding carboxylic acids is 2. The summed E-state index contributed by atoms with van der Waals surface area (Å²) in [5, 5.41) is 6.21. The lowest BCUT2D eigenvalue weighted by molar-refractivity contribution is -0.123. The molecule has 6 nitrogen and oxygen atoms in total. The predicted molar refractivity (Wildman–Crippen MR) is 119 cm³/mol. The molecule has 3 amide bonds. The molecule has 162 valence electrons. The van der Waals surface area contributed by atoms with Crippen molar-refractivity contribution < 1.29 is 9.59 Å². The largest absolute Gasteiger partial charge is 0.399 e. The Kier molecular flexibility index (Phi) is 8.62. The highest BCUT2D eigenvalue weighted by Crippen LogP contribution is 2.31. The van der Waals surface area contributed by atoms with Crippen LogP contribution in [0.3, 0.4) is 0 Å². The van der Waals surface area contributed by atoms with Crippen LogP contribution in [0.1, 0.15) is 63.1 Å². The average molecular weight is 423 g/mol. The van der Waals surface area contributed by atoms with Crippen LogP contribution >= 0.6 is 12.4 Å². The molecule has 0 bridgehead atoms. The van der Waals surface area contributed by atoms with Gasteiger partial charge in [-0.25, -0.2) is 4.79 Å². The molecule has 2 aliphatic rings. The minimum Gasteiger partial charge on any atom is -0.399 e. The van der Waals surface area contributed by atoms with E-state index in [1.807, 2.05) is 17.0 Å². The number of nitrogens with zero attached hydrogens (tertiary/aromatic N) is 1. The molecule has 0 aromatic heterocycles. The highest BCUT2D eigenvalue weighted by atomic mass is 35.5. The Hall–Kier alpha value is -1.95. The number of nitrogens with two attached hydrogens (primary N) is 1. The summed E-state index contributed by atoms with van der Waals surface area (Å²) in [7, 11) is 0. The van der Waals surface area contributed by atoms with Crippen LogP contribution in [0.15, 0.2) is 18.2 Å². The van der Waals surface area contributed by atoms with E-state index in [-0.39, 0.29) is 36.3 Å². The van der Waals surface area contributed by atoms with Gasteiger partial charge in [0.25, 0.3) is 0 Å². The van der Waals surface area contributed by atoms with Gasteiger partial charge in [0, 0.05) is 31.7 Å². The number of amides is 3. The second-order valence-electron chi connectivity index (χ2n) is 8.71. The molecule has 1 aliphatic carbocycles. The van der Waals surface area contributed by atoms with Crippen LogP contribution in [-0.4, -0.2) is 36.5 Å². The lowest BCUT2D eigenvalue weighted by Gasteiger charge is -2.33. The third-order valence-corrected chi connectivity index (χ3v) is 5.76. The normalized spacial score (nSPS) is 21.1. The van der Waals surface area contributed by atoms with Crippen LogP contribution in [0.25, 0.3) is 0 Å². The van der Waals surface area contributed by atoms with Gasteiger partial charge in [-0.15, -0.1) is 12.4 Å². The highest BCUT2D eigenvalue weighted by Gasteiger charge is 2.27. The van der Waals surface area contributed by atoms with Crippen LogP contribution in [0.4, 0.5) is 10.5 Å². The van der Waals surface area contributed by atoms with E-state index in [0.717, 1.165) is 44.3 Å². The summed E-state index contributed by atoms with van der Waals surface area (Å²) in [5.74, 6) is 0.751. The predicted octanol–water partition coefficient (Wildman–Crippen LogP) is 3.65. The third-order valence-electron chi connectivity index (χ3n) is 5.76. The van der Waals surface area contributed by atoms with Gasteiger partial charge in [0.05, 0.1) is 6.04 Å². The number of fused-ring (bicyclic) bond motifs is 1. The molecule has 2 atom stereocenters. The molecule has 0 saturated carbocycles. The second kappa shape index (κ2) is 10.7. The maximum absolute atomic E-state index is 12.7. The fourth-order valence-electron chi connectivity index (χ4n) is 4.32. The molecule has 0 radical (unpaired) electrons. The van der Waals surface area contributed by atoms with Gasteiger partial charge >= 0.3 is 6.03 Å². The number of rotatable bonds is 5. The zero-order chi connectivity index (χ0) is 20.1. The molecule has 1 saturated heterocycles. The summed E-state index contributed by atoms with van der Waals surface area (Å²) in [6.45, 7) is 6.30. The first-order valence-electron chi connectivity index (χ1n) is 10.6. The average Bonchev–Trinajstić information content (AvgIpc) is 2.66. The van der Waals surface area contributed by atoms with Crippen molar-refractivity contribution in [2.75, 3.05) is 25.4 Å². The standard InChI is InChI=1S/C22H34N4O2.ClH/c1-15(2)13-24-22(28)26-10-4-5-16(14-26)11-21(27)25-20-7-3-6-17-12-18(23)8-9-19(17)20;/h8-9,12,15-16,20H,3-7,10-11,13-14,23H2,1-2H3,(H,24,28)(H,25,27);1H. The molecule has 1 fully saturated rings. The van der Waals surface area contributed by atoms with E-state index in [4.69, 9.17) is 5.73 Å². The Balaban J connectivity index is 0.00000300. The second-order valence-corrected chi connectivity index (χ2v) is 8.71. The van der Waals surface area contributed by atoms with E-state index >= 15 is 0 Å². The molecule has 1 aromatic rings. The number of carbonyl (C=O) groups is 2. The van der Waals surface area contributed by atoms with E-state index in [9.17, 15) is 9.59 Å². The zero-order valence-corrected chi connectivity index (χ0v) is 18.4. The van der Waals surface area contributed by atoms with Gasteiger partial charge in [0.1, 0.15) is 0 Å². The van der Waals surface area contributed by atoms with Gasteiger partial charge in [-0.2, -0.15) is 0 Å². The van der Waals surface area contributed by atoms with Gasteiger partial charge < -0.3 is 21.3 Å². The molecule has 0 spiro atoms. The Morgan fingerprint density at radius 2 is 2.03 bits per heavy atom. The Morgan fingerprint density at radius 1 is 1.24 bits per heavy atom. The molecule has 1 aliphatic heterocycles. The van der Waals surface area contributed by atoms with Crippen molar-refractivity contribution >= 4 is 30.0 Å². The first-order chi connectivity index (χ1) is 13.4. The summed E-state index contributed by atoms with van der Waals surface area (Å²) in [6.07, 6.45) is 5.49. The van der Waals surface area contributed by atoms with E-state index in [2.05, 4.69) is 30.5 Å². The van der Waals surface area contributed by atoms with Crippen molar-refractivity contribution in [3.63, 3.8) is 0 Å². The zero-order valence-electron chi connectivity index (χ0n) is 17.6. The highest BCUT2D eigenvalue weighted by molar-refractivity contribution is 5.85. The SMILES string of the molecule is CC(C)CNC(=O)N1CCCC(CC(=O)NC2CCCc3cc(N)ccc32)C1.Cl. The number of hydrogen-bond donors (Lipinski definition) is 3. The summed E-state index contributed by atoms with van der Waals surface area (Å²) >= 11 is 0. The quantitative estimate of drug-likeness (QED) is 0.633. The van der Waals surface area contributed by atoms with Gasteiger partial charge in [0.15, 0.2) is 0 Å². The van der Waals surface area contributed by atoms with Gasteiger partial charge in [-0.3, -0.25) is 4.79 Å². The number of piperidine rings is 1. The number of halogens is 1. The molecule has 3 rings (SSSR count). The topological polar surface area (TPSA) is 87.5 Å². The molecular formula is C22H35ClN4O2. The van der Waals surface area contributed by atoms with Gasteiger partial charge in [0.2, 0.25) is 5.91 Å². The van der Waals surface area contributed by atoms with E-state index in [0.29, 0.717) is 25.4 Å². The Labute approximate surface area is 180 Å². The van der Waals surface area contributed by atoms with Crippen molar-refractivity contribution in [3.8, 4) is 0 Å². The summed E-state index contributed by atoms with van der Waals surface area (Å²) < 4.78 is 0.